The highest BCUT2D eigenvalue weighted by atomic mass is 16.8. The van der Waals surface area contributed by atoms with E-state index in [1.54, 1.807) is 6.08 Å². The third kappa shape index (κ3) is 17.1. The van der Waals surface area contributed by atoms with E-state index in [1.807, 2.05) is 0 Å². The largest absolute Gasteiger partial charge is 0.394 e. The molecular weight excluding hydrogens is 945 g/mol. The average Bonchev–Trinajstić information content (AvgIpc) is 3.32. The fourth-order valence-corrected chi connectivity index (χ4v) is 8.96. The topological polar surface area (TPSA) is 383 Å². The van der Waals surface area contributed by atoms with Crippen LogP contribution in [-0.4, -0.2) is 224 Å². The molecule has 20 atom stereocenters. The Morgan fingerprint density at radius 1 is 0.451 bits per heavy atom. The molecule has 0 bridgehead atoms. The molecule has 71 heavy (non-hydrogen) atoms. The predicted molar refractivity (Wildman–Crippen MR) is 245 cm³/mol. The second-order valence-electron chi connectivity index (χ2n) is 18.3. The molecule has 4 fully saturated rings. The molecule has 4 amide bonds. The fraction of sp³-hybridized carbons (Fsp3) is 0.826. The Hall–Kier alpha value is -3.32. The highest BCUT2D eigenvalue weighted by molar-refractivity contribution is 5.87. The van der Waals surface area contributed by atoms with Gasteiger partial charge in [-0.25, -0.2) is 0 Å². The Balaban J connectivity index is 1.49. The number of allylic oxidation sites excluding steroid dienone is 3. The molecule has 4 heterocycles. The Kier molecular flexibility index (Phi) is 25.6. The quantitative estimate of drug-likeness (QED) is 0.0222. The maximum atomic E-state index is 13.2. The van der Waals surface area contributed by atoms with Gasteiger partial charge in [0.2, 0.25) is 23.6 Å². The van der Waals surface area contributed by atoms with Crippen LogP contribution in [0.2, 0.25) is 0 Å². The van der Waals surface area contributed by atoms with Crippen LogP contribution in [0, 0.1) is 0 Å². The molecule has 0 aromatic rings. The maximum absolute atomic E-state index is 13.2. The number of ether oxygens (including phenoxy) is 7. The Morgan fingerprint density at radius 2 is 0.817 bits per heavy atom. The van der Waals surface area contributed by atoms with Crippen molar-refractivity contribution in [3.05, 3.63) is 24.3 Å². The number of hydrogen-bond acceptors (Lipinski definition) is 21. The van der Waals surface area contributed by atoms with Crippen LogP contribution in [0.15, 0.2) is 24.3 Å². The van der Waals surface area contributed by atoms with Gasteiger partial charge < -0.3 is 105 Å². The van der Waals surface area contributed by atoms with Crippen LogP contribution in [0.25, 0.3) is 0 Å². The molecule has 25 heteroatoms. The monoisotopic (exact) mass is 1020 g/mol. The number of carbonyl (C=O) groups is 4. The van der Waals surface area contributed by atoms with Crippen molar-refractivity contribution in [1.29, 1.82) is 0 Å². The van der Waals surface area contributed by atoms with Crippen LogP contribution in [0.4, 0.5) is 0 Å². The van der Waals surface area contributed by atoms with Crippen LogP contribution in [0.3, 0.4) is 0 Å². The molecule has 0 aliphatic carbocycles. The van der Waals surface area contributed by atoms with E-state index in [2.05, 4.69) is 40.3 Å². The minimum absolute atomic E-state index is 0.578. The summed E-state index contributed by atoms with van der Waals surface area (Å²) in [6, 6.07) is -6.24. The van der Waals surface area contributed by atoms with Crippen molar-refractivity contribution in [2.75, 3.05) is 26.4 Å². The molecule has 408 valence electrons. The molecule has 0 saturated carbocycles. The first-order valence-electron chi connectivity index (χ1n) is 24.4. The standard InChI is InChI=1S/C46H78N4O21/c1-5-6-7-8-9-10-11-12-13-14-15-16-17-18-30(58)50-32-36(60)35(59)26(19-51)66-44(32)70-41-28(21-53)68-46(34(38(41)62)49-25(4)57)71-42-29(22-54)67-45(33(39(42)63)48-24(3)56)69-40-27(20-52)65-43(64)31(37(40)61)47-23(2)55/h10-11,17-18,26-29,31-46,51-54,59-64H,5-9,12-16,19-22H2,1-4H3,(H,47,55)(H,48,56)(H,49,57)(H,50,58)/b11-10-,18-17+/t26-,27-,28-,29-,31-,32-,33-,34-,35-,36-,37-,38-,39-,40-,41-,42-,43?,44+,45+,46+/m1/s1. The summed E-state index contributed by atoms with van der Waals surface area (Å²) >= 11 is 0. The van der Waals surface area contributed by atoms with Crippen LogP contribution in [0.1, 0.15) is 91.9 Å². The van der Waals surface area contributed by atoms with Crippen molar-refractivity contribution in [2.24, 2.45) is 0 Å². The highest BCUT2D eigenvalue weighted by Gasteiger charge is 2.56. The molecule has 4 saturated heterocycles. The van der Waals surface area contributed by atoms with E-state index in [9.17, 15) is 70.2 Å². The van der Waals surface area contributed by atoms with Gasteiger partial charge in [-0.15, -0.1) is 0 Å². The minimum Gasteiger partial charge on any atom is -0.394 e. The van der Waals surface area contributed by atoms with Gasteiger partial charge in [0.05, 0.1) is 26.4 Å². The first-order valence-corrected chi connectivity index (χ1v) is 24.4. The lowest BCUT2D eigenvalue weighted by atomic mass is 9.93. The number of nitrogens with one attached hydrogen (secondary N) is 4. The average molecular weight is 1020 g/mol. The van der Waals surface area contributed by atoms with E-state index < -0.39 is 173 Å². The van der Waals surface area contributed by atoms with Gasteiger partial charge in [0.1, 0.15) is 97.4 Å². The Labute approximate surface area is 412 Å². The molecule has 14 N–H and O–H groups in total. The highest BCUT2D eigenvalue weighted by Crippen LogP contribution is 2.34. The summed E-state index contributed by atoms with van der Waals surface area (Å²) in [6.07, 6.45) is -9.69. The number of aliphatic hydroxyl groups is 10. The molecule has 4 aliphatic rings. The fourth-order valence-electron chi connectivity index (χ4n) is 8.96. The molecule has 4 aliphatic heterocycles. The lowest BCUT2D eigenvalue weighted by Crippen LogP contribution is -2.71. The van der Waals surface area contributed by atoms with Crippen molar-refractivity contribution < 1.29 is 103 Å². The number of rotatable bonds is 26. The zero-order chi connectivity index (χ0) is 52.4. The third-order valence-corrected chi connectivity index (χ3v) is 12.7. The normalized spacial score (nSPS) is 37.7. The SMILES string of the molecule is CCCCCC/C=C\CCCCC/C=C/C(=O)N[C@H]1[C@H](O[C@H]2[C@H](O)[C@@H](NC(C)=O)[C@H](O[C@H]3[C@H](O)[C@@H](NC(C)=O)[C@H](O[C@H]4[C@H](O)[C@@H](NC(C)=O)C(O)O[C@@H]4CO)O[C@@H]3CO)O[C@@H]2CO)O[C@H](CO)[C@@H](O)[C@@H]1O. The smallest absolute Gasteiger partial charge is 0.244 e. The summed E-state index contributed by atoms with van der Waals surface area (Å²) in [5.41, 5.74) is 0. The number of unbranched alkanes of at least 4 members (excludes halogenated alkanes) is 8. The van der Waals surface area contributed by atoms with Crippen molar-refractivity contribution in [3.63, 3.8) is 0 Å². The lowest BCUT2D eigenvalue weighted by Gasteiger charge is -2.51. The lowest BCUT2D eigenvalue weighted by molar-refractivity contribution is -0.362. The van der Waals surface area contributed by atoms with E-state index in [1.165, 1.54) is 31.8 Å². The van der Waals surface area contributed by atoms with Crippen molar-refractivity contribution in [3.8, 4) is 0 Å². The van der Waals surface area contributed by atoms with E-state index in [0.717, 1.165) is 52.9 Å². The van der Waals surface area contributed by atoms with Crippen molar-refractivity contribution >= 4 is 23.6 Å². The summed E-state index contributed by atoms with van der Waals surface area (Å²) in [7, 11) is 0. The summed E-state index contributed by atoms with van der Waals surface area (Å²) < 4.78 is 41.3. The van der Waals surface area contributed by atoms with Gasteiger partial charge in [-0.3, -0.25) is 19.2 Å². The Bertz CT molecular complexity index is 1700. The van der Waals surface area contributed by atoms with E-state index in [-0.39, 0.29) is 0 Å². The van der Waals surface area contributed by atoms with Gasteiger partial charge in [-0.1, -0.05) is 50.8 Å². The van der Waals surface area contributed by atoms with Gasteiger partial charge in [-0.05, 0) is 44.6 Å². The summed E-state index contributed by atoms with van der Waals surface area (Å²) in [5.74, 6) is -2.85. The van der Waals surface area contributed by atoms with Crippen molar-refractivity contribution in [1.82, 2.24) is 21.3 Å². The van der Waals surface area contributed by atoms with E-state index >= 15 is 0 Å². The second-order valence-corrected chi connectivity index (χ2v) is 18.3. The predicted octanol–water partition coefficient (Wildman–Crippen LogP) is -4.16. The molecular formula is C46H78N4O21. The van der Waals surface area contributed by atoms with Gasteiger partial charge in [0.25, 0.3) is 0 Å². The second kappa shape index (κ2) is 30.1. The Morgan fingerprint density at radius 3 is 1.24 bits per heavy atom. The molecule has 0 aromatic heterocycles. The number of amides is 4. The van der Waals surface area contributed by atoms with Crippen LogP contribution < -0.4 is 21.3 Å². The molecule has 0 spiro atoms. The van der Waals surface area contributed by atoms with Gasteiger partial charge in [-0.2, -0.15) is 0 Å². The molecule has 0 aromatic carbocycles. The minimum atomic E-state index is -1.91. The summed E-state index contributed by atoms with van der Waals surface area (Å²) in [6.45, 7) is 1.97. The maximum Gasteiger partial charge on any atom is 0.244 e. The van der Waals surface area contributed by atoms with Crippen molar-refractivity contribution in [2.45, 2.75) is 214 Å². The first kappa shape index (κ1) is 60.2. The van der Waals surface area contributed by atoms with Gasteiger partial charge >= 0.3 is 0 Å². The zero-order valence-electron chi connectivity index (χ0n) is 40.7. The van der Waals surface area contributed by atoms with Crippen LogP contribution in [0.5, 0.6) is 0 Å². The molecule has 4 rings (SSSR count). The van der Waals surface area contributed by atoms with Gasteiger partial charge in [0, 0.05) is 20.8 Å². The number of hydrogen-bond donors (Lipinski definition) is 14. The number of aliphatic hydroxyl groups excluding tert-OH is 10. The van der Waals surface area contributed by atoms with E-state index in [0.29, 0.717) is 6.42 Å². The van der Waals surface area contributed by atoms with Crippen LogP contribution in [-0.2, 0) is 52.3 Å². The van der Waals surface area contributed by atoms with Gasteiger partial charge in [0.15, 0.2) is 25.2 Å². The summed E-state index contributed by atoms with van der Waals surface area (Å²) in [4.78, 5) is 50.1. The number of carbonyl (C=O) groups excluding carboxylic acids is 4. The molecule has 1 unspecified atom stereocenters. The third-order valence-electron chi connectivity index (χ3n) is 12.7. The summed E-state index contributed by atoms with van der Waals surface area (Å²) in [5, 5.41) is 118. The molecule has 25 nitrogen and oxygen atoms in total. The molecule has 0 radical (unpaired) electrons. The van der Waals surface area contributed by atoms with Crippen LogP contribution >= 0.6 is 0 Å². The first-order chi connectivity index (χ1) is 33.9. The zero-order valence-corrected chi connectivity index (χ0v) is 40.7. The van der Waals surface area contributed by atoms with E-state index in [4.69, 9.17) is 33.2 Å².